The Morgan fingerprint density at radius 2 is 1.88 bits per heavy atom. The van der Waals surface area contributed by atoms with Crippen LogP contribution in [-0.4, -0.2) is 74.6 Å². The van der Waals surface area contributed by atoms with Crippen molar-refractivity contribution in [3.63, 3.8) is 0 Å². The monoisotopic (exact) mass is 495 g/mol. The second kappa shape index (κ2) is 11.0. The molecule has 12 heteroatoms. The van der Waals surface area contributed by atoms with Crippen molar-refractivity contribution in [1.29, 1.82) is 0 Å². The molecule has 2 N–H and O–H groups in total. The first-order chi connectivity index (χ1) is 14.7. The van der Waals surface area contributed by atoms with Crippen molar-refractivity contribution in [3.05, 3.63) is 24.0 Å². The molecule has 1 amide bonds. The van der Waals surface area contributed by atoms with Crippen LogP contribution in [0.4, 0.5) is 10.1 Å². The van der Waals surface area contributed by atoms with Gasteiger partial charge in [-0.25, -0.2) is 18.3 Å². The summed E-state index contributed by atoms with van der Waals surface area (Å²) in [5, 5.41) is 9.14. The first-order valence-corrected chi connectivity index (χ1v) is 11.8. The average Bonchev–Trinajstić information content (AvgIpc) is 2.77. The van der Waals surface area contributed by atoms with Gasteiger partial charge < -0.3 is 14.4 Å². The number of halogens is 2. The van der Waals surface area contributed by atoms with Gasteiger partial charge in [-0.05, 0) is 18.1 Å². The van der Waals surface area contributed by atoms with Crippen LogP contribution < -0.4 is 15.1 Å². The van der Waals surface area contributed by atoms with Gasteiger partial charge in [-0.1, -0.05) is 13.8 Å². The highest BCUT2D eigenvalue weighted by Gasteiger charge is 2.54. The highest BCUT2D eigenvalue weighted by atomic mass is 35.5. The number of hydrogen-bond donors (Lipinski definition) is 2. The minimum Gasteiger partial charge on any atom is -0.493 e. The molecule has 0 radical (unpaired) electrons. The molecule has 0 saturated carbocycles. The molecule has 0 aromatic heterocycles. The van der Waals surface area contributed by atoms with Gasteiger partial charge in [0.1, 0.15) is 11.6 Å². The SMILES string of the molecule is CC(C)COc1ccc(N2CCN(S(=O)(=O)C3(C(=O)NO)CCOCC3)CC2)c(F)c1.Cl. The summed E-state index contributed by atoms with van der Waals surface area (Å²) >= 11 is 0. The predicted octanol–water partition coefficient (Wildman–Crippen LogP) is 1.79. The lowest BCUT2D eigenvalue weighted by molar-refractivity contribution is -0.134. The molecule has 2 heterocycles. The number of nitrogens with one attached hydrogen (secondary N) is 1. The largest absolute Gasteiger partial charge is 0.493 e. The second-order valence-electron chi connectivity index (χ2n) is 8.26. The van der Waals surface area contributed by atoms with Gasteiger partial charge in [0.25, 0.3) is 5.91 Å². The lowest BCUT2D eigenvalue weighted by atomic mass is 9.98. The van der Waals surface area contributed by atoms with Gasteiger partial charge in [-0.15, -0.1) is 12.4 Å². The quantitative estimate of drug-likeness (QED) is 0.438. The van der Waals surface area contributed by atoms with E-state index in [0.717, 1.165) is 0 Å². The molecule has 1 aromatic carbocycles. The summed E-state index contributed by atoms with van der Waals surface area (Å²) in [5.41, 5.74) is 1.89. The van der Waals surface area contributed by atoms with Crippen LogP contribution in [0.2, 0.25) is 0 Å². The number of carbonyl (C=O) groups excluding carboxylic acids is 1. The van der Waals surface area contributed by atoms with E-state index >= 15 is 0 Å². The van der Waals surface area contributed by atoms with Gasteiger partial charge >= 0.3 is 0 Å². The Morgan fingerprint density at radius 1 is 1.25 bits per heavy atom. The minimum atomic E-state index is -4.06. The number of hydrogen-bond acceptors (Lipinski definition) is 7. The summed E-state index contributed by atoms with van der Waals surface area (Å²) in [4.78, 5) is 14.1. The summed E-state index contributed by atoms with van der Waals surface area (Å²) < 4.78 is 51.6. The Kier molecular flexibility index (Phi) is 9.12. The third-order valence-electron chi connectivity index (χ3n) is 5.73. The Balaban J connectivity index is 0.00000363. The average molecular weight is 496 g/mol. The Morgan fingerprint density at radius 3 is 2.41 bits per heavy atom. The topological polar surface area (TPSA) is 108 Å². The molecule has 0 bridgehead atoms. The van der Waals surface area contributed by atoms with E-state index in [1.807, 2.05) is 13.8 Å². The molecule has 0 atom stereocenters. The molecule has 0 spiro atoms. The molecule has 182 valence electrons. The van der Waals surface area contributed by atoms with Crippen LogP contribution in [0.1, 0.15) is 26.7 Å². The predicted molar refractivity (Wildman–Crippen MR) is 119 cm³/mol. The molecule has 0 unspecified atom stereocenters. The Bertz CT molecular complexity index is 887. The van der Waals surface area contributed by atoms with Crippen molar-refractivity contribution in [3.8, 4) is 5.75 Å². The number of amides is 1. The summed E-state index contributed by atoms with van der Waals surface area (Å²) in [6.45, 7) is 5.49. The number of carbonyl (C=O) groups is 1. The fraction of sp³-hybridized carbons (Fsp3) is 0.650. The van der Waals surface area contributed by atoms with Crippen molar-refractivity contribution in [2.45, 2.75) is 31.4 Å². The highest BCUT2D eigenvalue weighted by Crippen LogP contribution is 2.34. The molecule has 2 fully saturated rings. The summed E-state index contributed by atoms with van der Waals surface area (Å²) in [5.74, 6) is -0.600. The van der Waals surface area contributed by atoms with E-state index in [9.17, 15) is 17.6 Å². The number of benzene rings is 1. The number of piperazine rings is 1. The normalized spacial score (nSPS) is 19.3. The zero-order valence-corrected chi connectivity index (χ0v) is 19.9. The van der Waals surface area contributed by atoms with E-state index in [2.05, 4.69) is 0 Å². The van der Waals surface area contributed by atoms with Crippen LogP contribution in [0.15, 0.2) is 18.2 Å². The van der Waals surface area contributed by atoms with Gasteiger partial charge in [0.15, 0.2) is 4.75 Å². The standard InChI is InChI=1S/C20H30FN3O6S.ClH/c1-15(2)14-30-16-3-4-18(17(21)13-16)23-7-9-24(10-8-23)31(27,28)20(19(25)22-26)5-11-29-12-6-20;/h3-4,13,15,26H,5-12,14H2,1-2H3,(H,22,25);1H. The van der Waals surface area contributed by atoms with E-state index in [1.165, 1.54) is 15.9 Å². The molecule has 0 aliphatic carbocycles. The van der Waals surface area contributed by atoms with Crippen molar-refractivity contribution < 1.29 is 32.3 Å². The minimum absolute atomic E-state index is 0. The maximum absolute atomic E-state index is 14.6. The summed E-state index contributed by atoms with van der Waals surface area (Å²) in [6, 6.07) is 4.67. The van der Waals surface area contributed by atoms with Crippen LogP contribution >= 0.6 is 12.4 Å². The molecule has 2 saturated heterocycles. The van der Waals surface area contributed by atoms with Crippen molar-refractivity contribution in [2.24, 2.45) is 5.92 Å². The van der Waals surface area contributed by atoms with E-state index in [0.29, 0.717) is 24.0 Å². The lowest BCUT2D eigenvalue weighted by Crippen LogP contribution is -2.62. The van der Waals surface area contributed by atoms with Crippen LogP contribution in [0.3, 0.4) is 0 Å². The zero-order chi connectivity index (χ0) is 22.6. The van der Waals surface area contributed by atoms with E-state index < -0.39 is 26.5 Å². The van der Waals surface area contributed by atoms with E-state index in [1.54, 1.807) is 17.0 Å². The number of nitrogens with zero attached hydrogens (tertiary/aromatic N) is 2. The molecule has 1 aromatic rings. The van der Waals surface area contributed by atoms with E-state index in [-0.39, 0.29) is 64.6 Å². The maximum Gasteiger partial charge on any atom is 0.266 e. The number of hydroxylamine groups is 1. The molecule has 3 rings (SSSR count). The molecule has 9 nitrogen and oxygen atoms in total. The van der Waals surface area contributed by atoms with Gasteiger partial charge in [-0.2, -0.15) is 4.31 Å². The van der Waals surface area contributed by atoms with E-state index in [4.69, 9.17) is 14.7 Å². The number of rotatable bonds is 7. The second-order valence-corrected chi connectivity index (χ2v) is 10.5. The van der Waals surface area contributed by atoms with Crippen molar-refractivity contribution in [1.82, 2.24) is 9.79 Å². The molecule has 2 aliphatic heterocycles. The maximum atomic E-state index is 14.6. The van der Waals surface area contributed by atoms with Crippen LogP contribution in [0, 0.1) is 11.7 Å². The van der Waals surface area contributed by atoms with Crippen molar-refractivity contribution >= 4 is 34.0 Å². The van der Waals surface area contributed by atoms with Crippen molar-refractivity contribution in [2.75, 3.05) is 50.9 Å². The van der Waals surface area contributed by atoms with Gasteiger partial charge in [0.05, 0.1) is 12.3 Å². The van der Waals surface area contributed by atoms with Crippen LogP contribution in [0.25, 0.3) is 0 Å². The van der Waals surface area contributed by atoms with Gasteiger partial charge in [0, 0.05) is 58.3 Å². The van der Waals surface area contributed by atoms with Crippen LogP contribution in [-0.2, 0) is 19.6 Å². The molecule has 2 aliphatic rings. The smallest absolute Gasteiger partial charge is 0.266 e. The highest BCUT2D eigenvalue weighted by molar-refractivity contribution is 7.91. The fourth-order valence-electron chi connectivity index (χ4n) is 3.92. The van der Waals surface area contributed by atoms with Gasteiger partial charge in [-0.3, -0.25) is 10.0 Å². The molecular formula is C20H31ClFN3O6S. The number of sulfonamides is 1. The Hall–Kier alpha value is -1.66. The van der Waals surface area contributed by atoms with Gasteiger partial charge in [0.2, 0.25) is 10.0 Å². The summed E-state index contributed by atoms with van der Waals surface area (Å²) in [6.07, 6.45) is -0.0667. The fourth-order valence-corrected chi connectivity index (χ4v) is 6.02. The first kappa shape index (κ1) is 26.6. The molecular weight excluding hydrogens is 465 g/mol. The third kappa shape index (κ3) is 5.28. The number of anilines is 1. The van der Waals surface area contributed by atoms with Crippen LogP contribution in [0.5, 0.6) is 5.75 Å². The third-order valence-corrected chi connectivity index (χ3v) is 8.36. The lowest BCUT2D eigenvalue weighted by Gasteiger charge is -2.42. The first-order valence-electron chi connectivity index (χ1n) is 10.4. The summed E-state index contributed by atoms with van der Waals surface area (Å²) in [7, 11) is -4.06. The molecule has 32 heavy (non-hydrogen) atoms. The Labute approximate surface area is 194 Å². The number of ether oxygens (including phenoxy) is 2. The zero-order valence-electron chi connectivity index (χ0n) is 18.3.